The lowest BCUT2D eigenvalue weighted by Gasteiger charge is -2.26. The number of hydrogen-bond acceptors (Lipinski definition) is 6. The van der Waals surface area contributed by atoms with Gasteiger partial charge in [0.05, 0.1) is 18.2 Å². The van der Waals surface area contributed by atoms with Crippen LogP contribution < -0.4 is 0 Å². The molecule has 3 heterocycles. The zero-order valence-corrected chi connectivity index (χ0v) is 16.4. The lowest BCUT2D eigenvalue weighted by atomic mass is 10.2. The van der Waals surface area contributed by atoms with Crippen LogP contribution in [0.1, 0.15) is 13.3 Å². The number of rotatable bonds is 7. The van der Waals surface area contributed by atoms with Crippen LogP contribution in [0, 0.1) is 4.77 Å². The third-order valence-electron chi connectivity index (χ3n) is 4.60. The molecule has 1 atom stereocenters. The van der Waals surface area contributed by atoms with E-state index in [0.29, 0.717) is 24.4 Å². The van der Waals surface area contributed by atoms with Crippen LogP contribution in [-0.4, -0.2) is 56.7 Å². The Labute approximate surface area is 158 Å². The van der Waals surface area contributed by atoms with Gasteiger partial charge >= 0.3 is 0 Å². The molecule has 1 saturated heterocycles. The van der Waals surface area contributed by atoms with Gasteiger partial charge in [0.15, 0.2) is 20.4 Å². The Balaban J connectivity index is 1.92. The molecule has 0 saturated carbocycles. The first-order valence-corrected chi connectivity index (χ1v) is 10.8. The van der Waals surface area contributed by atoms with E-state index in [0.717, 1.165) is 17.9 Å². The van der Waals surface area contributed by atoms with Crippen LogP contribution >= 0.6 is 12.2 Å². The first-order valence-electron chi connectivity index (χ1n) is 8.58. The van der Waals surface area contributed by atoms with Gasteiger partial charge in [0.2, 0.25) is 0 Å². The highest BCUT2D eigenvalue weighted by Crippen LogP contribution is 2.21. The van der Waals surface area contributed by atoms with Crippen molar-refractivity contribution in [3.05, 3.63) is 42.0 Å². The highest BCUT2D eigenvalue weighted by molar-refractivity contribution is 7.91. The summed E-state index contributed by atoms with van der Waals surface area (Å²) < 4.78 is 27.9. The maximum atomic E-state index is 11.8. The first-order chi connectivity index (χ1) is 12.4. The molecule has 140 valence electrons. The van der Waals surface area contributed by atoms with Crippen molar-refractivity contribution in [2.45, 2.75) is 32.6 Å². The summed E-state index contributed by atoms with van der Waals surface area (Å²) in [6.45, 7) is 7.57. The van der Waals surface area contributed by atoms with Gasteiger partial charge in [0, 0.05) is 30.5 Å². The van der Waals surface area contributed by atoms with Crippen LogP contribution in [0.25, 0.3) is 11.4 Å². The molecule has 0 spiro atoms. The Kier molecular flexibility index (Phi) is 5.69. The molecule has 9 heteroatoms. The van der Waals surface area contributed by atoms with Gasteiger partial charge in [0.1, 0.15) is 0 Å². The lowest BCUT2D eigenvalue weighted by molar-refractivity contribution is 0.164. The van der Waals surface area contributed by atoms with Crippen LogP contribution in [0.4, 0.5) is 0 Å². The predicted molar refractivity (Wildman–Crippen MR) is 104 cm³/mol. The van der Waals surface area contributed by atoms with Gasteiger partial charge in [-0.3, -0.25) is 14.5 Å². The van der Waals surface area contributed by atoms with Gasteiger partial charge in [-0.05, 0) is 37.3 Å². The van der Waals surface area contributed by atoms with Crippen molar-refractivity contribution >= 4 is 22.1 Å². The molecule has 3 rings (SSSR count). The summed E-state index contributed by atoms with van der Waals surface area (Å²) in [5.74, 6) is 1.20. The molecule has 0 N–H and O–H groups in total. The predicted octanol–water partition coefficient (Wildman–Crippen LogP) is 2.13. The summed E-state index contributed by atoms with van der Waals surface area (Å²) in [5.41, 5.74) is 0.880. The molecule has 0 aliphatic carbocycles. The Morgan fingerprint density at radius 1 is 1.50 bits per heavy atom. The Morgan fingerprint density at radius 2 is 2.31 bits per heavy atom. The normalized spacial score (nSPS) is 19.1. The smallest absolute Gasteiger partial charge is 0.199 e. The van der Waals surface area contributed by atoms with E-state index in [4.69, 9.17) is 17.3 Å². The second kappa shape index (κ2) is 7.81. The molecule has 0 bridgehead atoms. The van der Waals surface area contributed by atoms with Crippen LogP contribution in [0.15, 0.2) is 37.2 Å². The lowest BCUT2D eigenvalue weighted by Crippen LogP contribution is -2.37. The molecule has 0 radical (unpaired) electrons. The number of aromatic nitrogens is 4. The largest absolute Gasteiger partial charge is 0.296 e. The van der Waals surface area contributed by atoms with Gasteiger partial charge in [0.25, 0.3) is 0 Å². The number of sulfone groups is 1. The summed E-state index contributed by atoms with van der Waals surface area (Å²) in [5, 5.41) is 4.69. The standard InChI is InChI=1S/C17H23N5O2S2/c1-3-9-21-16(14-6-5-8-18-11-14)19-22(17(21)25)13-20(4-2)15-7-10-26(23,24)12-15/h3,5-6,8,11,15H,1,4,7,9-10,12-13H2,2H3/t15-/m1/s1. The number of nitrogens with zero attached hydrogens (tertiary/aromatic N) is 5. The number of pyridine rings is 1. The van der Waals surface area contributed by atoms with Crippen molar-refractivity contribution < 1.29 is 8.42 Å². The van der Waals surface area contributed by atoms with Gasteiger partial charge in [-0.1, -0.05) is 13.0 Å². The van der Waals surface area contributed by atoms with Crippen LogP contribution in [0.5, 0.6) is 0 Å². The molecule has 0 unspecified atom stereocenters. The molecule has 0 aromatic carbocycles. The summed E-state index contributed by atoms with van der Waals surface area (Å²) in [7, 11) is -2.93. The minimum atomic E-state index is -2.93. The highest BCUT2D eigenvalue weighted by atomic mass is 32.2. The van der Waals surface area contributed by atoms with Crippen molar-refractivity contribution in [1.82, 2.24) is 24.2 Å². The third kappa shape index (κ3) is 3.94. The molecule has 1 aliphatic rings. The number of allylic oxidation sites excluding steroid dienone is 1. The van der Waals surface area contributed by atoms with Gasteiger partial charge in [-0.2, -0.15) is 5.10 Å². The quantitative estimate of drug-likeness (QED) is 0.530. The van der Waals surface area contributed by atoms with Gasteiger partial charge < -0.3 is 0 Å². The van der Waals surface area contributed by atoms with Crippen molar-refractivity contribution in [3.8, 4) is 11.4 Å². The summed E-state index contributed by atoms with van der Waals surface area (Å²) in [6, 6.07) is 3.81. The van der Waals surface area contributed by atoms with E-state index in [1.807, 2.05) is 23.6 Å². The van der Waals surface area contributed by atoms with Crippen molar-refractivity contribution in [2.24, 2.45) is 0 Å². The fourth-order valence-electron chi connectivity index (χ4n) is 3.24. The van der Waals surface area contributed by atoms with E-state index in [2.05, 4.69) is 16.5 Å². The molecule has 1 aliphatic heterocycles. The summed E-state index contributed by atoms with van der Waals surface area (Å²) in [4.78, 5) is 6.28. The van der Waals surface area contributed by atoms with E-state index in [1.165, 1.54) is 0 Å². The van der Waals surface area contributed by atoms with Crippen molar-refractivity contribution in [2.75, 3.05) is 18.1 Å². The highest BCUT2D eigenvalue weighted by Gasteiger charge is 2.32. The van der Waals surface area contributed by atoms with E-state index >= 15 is 0 Å². The average Bonchev–Trinajstić information content (AvgIpc) is 3.14. The Morgan fingerprint density at radius 3 is 2.88 bits per heavy atom. The fourth-order valence-corrected chi connectivity index (χ4v) is 5.27. The van der Waals surface area contributed by atoms with Crippen LogP contribution in [0.3, 0.4) is 0 Å². The average molecular weight is 394 g/mol. The SMILES string of the molecule is C=CCn1c(-c2cccnc2)nn(CN(CC)[C@@H]2CCS(=O)(=O)C2)c1=S. The molecule has 2 aromatic rings. The Bertz CT molecular complexity index is 934. The molecule has 26 heavy (non-hydrogen) atoms. The maximum absolute atomic E-state index is 11.8. The summed E-state index contributed by atoms with van der Waals surface area (Å²) >= 11 is 5.61. The van der Waals surface area contributed by atoms with E-state index in [9.17, 15) is 8.42 Å². The fraction of sp³-hybridized carbons (Fsp3) is 0.471. The third-order valence-corrected chi connectivity index (χ3v) is 6.78. The van der Waals surface area contributed by atoms with Gasteiger partial charge in [-0.15, -0.1) is 6.58 Å². The van der Waals surface area contributed by atoms with E-state index in [-0.39, 0.29) is 17.5 Å². The second-order valence-electron chi connectivity index (χ2n) is 6.35. The maximum Gasteiger partial charge on any atom is 0.199 e. The van der Waals surface area contributed by atoms with Crippen molar-refractivity contribution in [3.63, 3.8) is 0 Å². The van der Waals surface area contributed by atoms with Gasteiger partial charge in [-0.25, -0.2) is 13.1 Å². The van der Waals surface area contributed by atoms with E-state index in [1.54, 1.807) is 23.2 Å². The first kappa shape index (κ1) is 18.9. The van der Waals surface area contributed by atoms with Crippen LogP contribution in [-0.2, 0) is 23.1 Å². The topological polar surface area (TPSA) is 73.0 Å². The molecular weight excluding hydrogens is 370 g/mol. The minimum Gasteiger partial charge on any atom is -0.296 e. The summed E-state index contributed by atoms with van der Waals surface area (Å²) in [6.07, 6.45) is 5.91. The molecule has 2 aromatic heterocycles. The Hall–Kier alpha value is -1.84. The molecule has 0 amide bonds. The molecule has 7 nitrogen and oxygen atoms in total. The van der Waals surface area contributed by atoms with E-state index < -0.39 is 9.84 Å². The zero-order valence-electron chi connectivity index (χ0n) is 14.8. The minimum absolute atomic E-state index is 0.0123. The zero-order chi connectivity index (χ0) is 18.7. The number of hydrogen-bond donors (Lipinski definition) is 0. The van der Waals surface area contributed by atoms with Crippen molar-refractivity contribution in [1.29, 1.82) is 0 Å². The molecular formula is C17H23N5O2S2. The second-order valence-corrected chi connectivity index (χ2v) is 8.94. The molecule has 1 fully saturated rings. The monoisotopic (exact) mass is 393 g/mol. The van der Waals surface area contributed by atoms with Crippen LogP contribution in [0.2, 0.25) is 0 Å².